The number of aryl methyl sites for hydroxylation is 1. The van der Waals surface area contributed by atoms with E-state index < -0.39 is 17.8 Å². The number of imide groups is 1. The maximum Gasteiger partial charge on any atom is 0.399 e. The monoisotopic (exact) mass is 321 g/mol. The molecule has 0 bridgehead atoms. The number of benzene rings is 2. The van der Waals surface area contributed by atoms with Crippen LogP contribution < -0.4 is 0 Å². The Labute approximate surface area is 136 Å². The van der Waals surface area contributed by atoms with E-state index in [9.17, 15) is 14.4 Å². The zero-order chi connectivity index (χ0) is 16.8. The van der Waals surface area contributed by atoms with Gasteiger partial charge in [-0.2, -0.15) is 0 Å². The summed E-state index contributed by atoms with van der Waals surface area (Å²) >= 11 is 0. The number of rotatable bonds is 2. The van der Waals surface area contributed by atoms with Crippen molar-refractivity contribution in [2.24, 2.45) is 0 Å². The van der Waals surface area contributed by atoms with Crippen LogP contribution in [0.2, 0.25) is 0 Å². The molecule has 0 N–H and O–H groups in total. The predicted octanol–water partition coefficient (Wildman–Crippen LogP) is 3.11. The van der Waals surface area contributed by atoms with E-state index in [-0.39, 0.29) is 16.9 Å². The average molecular weight is 321 g/mol. The lowest BCUT2D eigenvalue weighted by atomic mass is 10.1. The molecule has 1 aliphatic rings. The summed E-state index contributed by atoms with van der Waals surface area (Å²) in [5, 5.41) is 1.21. The maximum absolute atomic E-state index is 12.3. The molecule has 0 aliphatic carbocycles. The fraction of sp³-hybridized carbons (Fsp3) is 0.0556. The highest BCUT2D eigenvalue weighted by molar-refractivity contribution is 6.21. The molecule has 0 unspecified atom stereocenters. The Balaban J connectivity index is 1.64. The molecule has 0 fully saturated rings. The minimum Gasteiger partial charge on any atom is -0.449 e. The van der Waals surface area contributed by atoms with Gasteiger partial charge in [0, 0.05) is 5.39 Å². The van der Waals surface area contributed by atoms with Gasteiger partial charge in [0.15, 0.2) is 0 Å². The minimum absolute atomic E-state index is 0.0733. The van der Waals surface area contributed by atoms with Gasteiger partial charge < -0.3 is 9.25 Å². The van der Waals surface area contributed by atoms with Gasteiger partial charge in [-0.05, 0) is 30.7 Å². The van der Waals surface area contributed by atoms with Crippen molar-refractivity contribution in [1.82, 2.24) is 5.06 Å². The first-order chi connectivity index (χ1) is 11.6. The molecule has 2 amide bonds. The number of para-hydroxylation sites is 1. The number of hydrogen-bond acceptors (Lipinski definition) is 5. The second kappa shape index (κ2) is 5.06. The largest absolute Gasteiger partial charge is 0.449 e. The Morgan fingerprint density at radius 2 is 1.67 bits per heavy atom. The molecule has 2 heterocycles. The summed E-state index contributed by atoms with van der Waals surface area (Å²) < 4.78 is 5.49. The van der Waals surface area contributed by atoms with E-state index in [2.05, 4.69) is 0 Å². The van der Waals surface area contributed by atoms with Crippen molar-refractivity contribution in [3.8, 4) is 0 Å². The second-order valence-corrected chi connectivity index (χ2v) is 5.43. The van der Waals surface area contributed by atoms with Crippen LogP contribution in [0.25, 0.3) is 11.0 Å². The van der Waals surface area contributed by atoms with Crippen LogP contribution >= 0.6 is 0 Å². The van der Waals surface area contributed by atoms with Gasteiger partial charge >= 0.3 is 5.97 Å². The molecule has 0 atom stereocenters. The fourth-order valence-corrected chi connectivity index (χ4v) is 2.69. The number of hydrogen-bond donors (Lipinski definition) is 0. The van der Waals surface area contributed by atoms with Gasteiger partial charge in [0.25, 0.3) is 11.8 Å². The van der Waals surface area contributed by atoms with Crippen LogP contribution in [0.3, 0.4) is 0 Å². The Morgan fingerprint density at radius 3 is 2.29 bits per heavy atom. The van der Waals surface area contributed by atoms with E-state index in [0.29, 0.717) is 10.6 Å². The molecular formula is C18H11NO5. The number of amides is 2. The van der Waals surface area contributed by atoms with Gasteiger partial charge in [-0.15, -0.1) is 0 Å². The molecule has 3 aromatic rings. The molecule has 24 heavy (non-hydrogen) atoms. The smallest absolute Gasteiger partial charge is 0.399 e. The van der Waals surface area contributed by atoms with E-state index >= 15 is 0 Å². The SMILES string of the molecule is Cc1cccc2cc(C(=O)ON3C(=O)c4ccccc4C3=O)oc12. The van der Waals surface area contributed by atoms with Crippen molar-refractivity contribution in [2.45, 2.75) is 6.92 Å². The third-order valence-corrected chi connectivity index (χ3v) is 3.87. The zero-order valence-corrected chi connectivity index (χ0v) is 12.6. The molecule has 1 aromatic heterocycles. The van der Waals surface area contributed by atoms with Crippen LogP contribution in [0.1, 0.15) is 36.8 Å². The fourth-order valence-electron chi connectivity index (χ4n) is 2.69. The molecule has 0 spiro atoms. The first kappa shape index (κ1) is 14.2. The van der Waals surface area contributed by atoms with E-state index in [4.69, 9.17) is 9.25 Å². The van der Waals surface area contributed by atoms with Crippen molar-refractivity contribution in [2.75, 3.05) is 0 Å². The van der Waals surface area contributed by atoms with Crippen molar-refractivity contribution in [3.63, 3.8) is 0 Å². The highest BCUT2D eigenvalue weighted by atomic mass is 16.7. The highest BCUT2D eigenvalue weighted by Crippen LogP contribution is 2.26. The normalized spacial score (nSPS) is 13.5. The van der Waals surface area contributed by atoms with Gasteiger partial charge in [-0.25, -0.2) is 4.79 Å². The van der Waals surface area contributed by atoms with Crippen molar-refractivity contribution < 1.29 is 23.6 Å². The lowest BCUT2D eigenvalue weighted by Gasteiger charge is -2.11. The lowest BCUT2D eigenvalue weighted by Crippen LogP contribution is -2.32. The van der Waals surface area contributed by atoms with Gasteiger partial charge in [0.1, 0.15) is 5.58 Å². The number of nitrogens with zero attached hydrogens (tertiary/aromatic N) is 1. The van der Waals surface area contributed by atoms with Gasteiger partial charge in [0.2, 0.25) is 5.76 Å². The molecule has 6 nitrogen and oxygen atoms in total. The molecule has 1 aliphatic heterocycles. The van der Waals surface area contributed by atoms with Crippen LogP contribution in [0, 0.1) is 6.92 Å². The van der Waals surface area contributed by atoms with Gasteiger partial charge in [-0.3, -0.25) is 9.59 Å². The van der Waals surface area contributed by atoms with Crippen LogP contribution in [0.5, 0.6) is 0 Å². The molecule has 0 saturated carbocycles. The van der Waals surface area contributed by atoms with E-state index in [0.717, 1.165) is 10.9 Å². The summed E-state index contributed by atoms with van der Waals surface area (Å²) in [6, 6.07) is 13.3. The highest BCUT2D eigenvalue weighted by Gasteiger charge is 2.39. The quantitative estimate of drug-likeness (QED) is 0.678. The number of carbonyl (C=O) groups excluding carboxylic acids is 3. The van der Waals surface area contributed by atoms with Crippen molar-refractivity contribution in [1.29, 1.82) is 0 Å². The average Bonchev–Trinajstić information content (AvgIpc) is 3.12. The first-order valence-corrected chi connectivity index (χ1v) is 7.25. The van der Waals surface area contributed by atoms with Crippen molar-refractivity contribution in [3.05, 3.63) is 71.0 Å². The second-order valence-electron chi connectivity index (χ2n) is 5.43. The Morgan fingerprint density at radius 1 is 1.00 bits per heavy atom. The topological polar surface area (TPSA) is 76.8 Å². The van der Waals surface area contributed by atoms with Crippen molar-refractivity contribution >= 4 is 28.8 Å². The summed E-state index contributed by atoms with van der Waals surface area (Å²) in [6.45, 7) is 1.85. The molecule has 0 radical (unpaired) electrons. The Kier molecular flexibility index (Phi) is 2.99. The number of furan rings is 1. The summed E-state index contributed by atoms with van der Waals surface area (Å²) in [7, 11) is 0. The summed E-state index contributed by atoms with van der Waals surface area (Å²) in [5.74, 6) is -2.32. The van der Waals surface area contributed by atoms with E-state index in [1.165, 1.54) is 18.2 Å². The lowest BCUT2D eigenvalue weighted by molar-refractivity contribution is -0.0602. The van der Waals surface area contributed by atoms with Crippen LogP contribution in [0.15, 0.2) is 52.9 Å². The Hall–Kier alpha value is -3.41. The predicted molar refractivity (Wildman–Crippen MR) is 83.3 cm³/mol. The zero-order valence-electron chi connectivity index (χ0n) is 12.6. The molecule has 4 rings (SSSR count). The minimum atomic E-state index is -0.903. The molecule has 118 valence electrons. The number of hydroxylamine groups is 2. The molecule has 0 saturated heterocycles. The van der Waals surface area contributed by atoms with Gasteiger partial charge in [-0.1, -0.05) is 35.4 Å². The van der Waals surface area contributed by atoms with Gasteiger partial charge in [0.05, 0.1) is 11.1 Å². The standard InChI is InChI=1S/C18H11NO5/c1-10-5-4-6-11-9-14(23-15(10)11)18(22)24-19-16(20)12-7-2-3-8-13(12)17(19)21/h2-9H,1H3. The molecule has 2 aromatic carbocycles. The summed E-state index contributed by atoms with van der Waals surface area (Å²) in [6.07, 6.45) is 0. The number of fused-ring (bicyclic) bond motifs is 2. The third kappa shape index (κ3) is 2.00. The van der Waals surface area contributed by atoms with Crippen LogP contribution in [-0.4, -0.2) is 22.8 Å². The number of carbonyl (C=O) groups is 3. The molecule has 6 heteroatoms. The van der Waals surface area contributed by atoms with Crippen LogP contribution in [-0.2, 0) is 4.84 Å². The summed E-state index contributed by atoms with van der Waals surface area (Å²) in [4.78, 5) is 41.6. The first-order valence-electron chi connectivity index (χ1n) is 7.25. The van der Waals surface area contributed by atoms with E-state index in [1.54, 1.807) is 18.2 Å². The Bertz CT molecular complexity index is 982. The maximum atomic E-state index is 12.3. The van der Waals surface area contributed by atoms with Crippen LogP contribution in [0.4, 0.5) is 0 Å². The third-order valence-electron chi connectivity index (χ3n) is 3.87. The summed E-state index contributed by atoms with van der Waals surface area (Å²) in [5.41, 5.74) is 1.84. The molecular weight excluding hydrogens is 310 g/mol. The van der Waals surface area contributed by atoms with E-state index in [1.807, 2.05) is 19.1 Å².